The van der Waals surface area contributed by atoms with Crippen LogP contribution in [0.25, 0.3) is 0 Å². The molecule has 1 N–H and O–H groups in total. The summed E-state index contributed by atoms with van der Waals surface area (Å²) >= 11 is 0. The number of Topliss-reactive ketones (excluding diaryl/α,β-unsaturated/α-hetero) is 1. The molecule has 1 heterocycles. The number of carbonyl (C=O) groups is 1. The first kappa shape index (κ1) is 17.9. The Labute approximate surface area is 137 Å². The third-order valence-corrected chi connectivity index (χ3v) is 5.01. The summed E-state index contributed by atoms with van der Waals surface area (Å²) in [5, 5.41) is 3.17. The van der Waals surface area contributed by atoms with Crippen LogP contribution in [0.3, 0.4) is 0 Å². The summed E-state index contributed by atoms with van der Waals surface area (Å²) in [7, 11) is -3.33. The van der Waals surface area contributed by atoms with Crippen LogP contribution in [0.4, 0.5) is 5.69 Å². The summed E-state index contributed by atoms with van der Waals surface area (Å²) in [6, 6.07) is 4.67. The molecule has 0 atom stereocenters. The molecule has 1 fully saturated rings. The van der Waals surface area contributed by atoms with E-state index in [2.05, 4.69) is 10.2 Å². The van der Waals surface area contributed by atoms with E-state index in [4.69, 9.17) is 4.74 Å². The zero-order valence-corrected chi connectivity index (χ0v) is 14.5. The maximum absolute atomic E-state index is 11.9. The second-order valence-electron chi connectivity index (χ2n) is 5.77. The van der Waals surface area contributed by atoms with E-state index in [1.807, 2.05) is 0 Å². The summed E-state index contributed by atoms with van der Waals surface area (Å²) in [6.07, 6.45) is 2.07. The quantitative estimate of drug-likeness (QED) is 0.598. The van der Waals surface area contributed by atoms with Crippen LogP contribution in [0.15, 0.2) is 23.1 Å². The number of morpholine rings is 1. The van der Waals surface area contributed by atoms with E-state index < -0.39 is 9.84 Å². The van der Waals surface area contributed by atoms with Crippen LogP contribution in [0, 0.1) is 0 Å². The first-order valence-electron chi connectivity index (χ1n) is 7.77. The van der Waals surface area contributed by atoms with Crippen molar-refractivity contribution in [2.75, 3.05) is 51.0 Å². The van der Waals surface area contributed by atoms with E-state index in [1.54, 1.807) is 12.1 Å². The van der Waals surface area contributed by atoms with Crippen LogP contribution in [0.5, 0.6) is 0 Å². The van der Waals surface area contributed by atoms with E-state index in [0.29, 0.717) is 17.8 Å². The number of ketones is 1. The lowest BCUT2D eigenvalue weighted by atomic mass is 10.1. The number of benzene rings is 1. The average molecular weight is 340 g/mol. The normalized spacial score (nSPS) is 16.3. The van der Waals surface area contributed by atoms with Gasteiger partial charge in [-0.25, -0.2) is 8.42 Å². The van der Waals surface area contributed by atoms with Gasteiger partial charge in [0.1, 0.15) is 0 Å². The number of rotatable bonds is 7. The van der Waals surface area contributed by atoms with Gasteiger partial charge in [-0.15, -0.1) is 0 Å². The Hall–Kier alpha value is -1.44. The fourth-order valence-corrected chi connectivity index (χ4v) is 3.41. The first-order chi connectivity index (χ1) is 10.9. The van der Waals surface area contributed by atoms with Gasteiger partial charge in [-0.3, -0.25) is 9.69 Å². The molecule has 7 heteroatoms. The van der Waals surface area contributed by atoms with E-state index in [0.717, 1.165) is 39.3 Å². The molecule has 0 aromatic heterocycles. The van der Waals surface area contributed by atoms with Gasteiger partial charge in [0.2, 0.25) is 0 Å². The lowest BCUT2D eigenvalue weighted by molar-refractivity contribution is 0.0378. The Morgan fingerprint density at radius 2 is 2.00 bits per heavy atom. The lowest BCUT2D eigenvalue weighted by Gasteiger charge is -2.26. The second kappa shape index (κ2) is 7.90. The van der Waals surface area contributed by atoms with Crippen LogP contribution in [-0.4, -0.2) is 64.7 Å². The molecule has 1 aromatic carbocycles. The van der Waals surface area contributed by atoms with Gasteiger partial charge < -0.3 is 10.1 Å². The third kappa shape index (κ3) is 5.30. The van der Waals surface area contributed by atoms with E-state index in [9.17, 15) is 13.2 Å². The molecule has 0 unspecified atom stereocenters. The topological polar surface area (TPSA) is 75.7 Å². The summed E-state index contributed by atoms with van der Waals surface area (Å²) < 4.78 is 29.0. The van der Waals surface area contributed by atoms with Gasteiger partial charge in [-0.05, 0) is 38.1 Å². The van der Waals surface area contributed by atoms with E-state index in [-0.39, 0.29) is 10.7 Å². The molecule has 0 amide bonds. The molecule has 2 rings (SSSR count). The molecule has 0 saturated carbocycles. The highest BCUT2D eigenvalue weighted by Crippen LogP contribution is 2.23. The number of ether oxygens (including phenoxy) is 1. The van der Waals surface area contributed by atoms with Crippen molar-refractivity contribution in [3.63, 3.8) is 0 Å². The number of sulfone groups is 1. The molecule has 1 aliphatic rings. The molecule has 1 saturated heterocycles. The van der Waals surface area contributed by atoms with Gasteiger partial charge in [-0.2, -0.15) is 0 Å². The van der Waals surface area contributed by atoms with Crippen LogP contribution < -0.4 is 5.32 Å². The third-order valence-electron chi connectivity index (χ3n) is 3.86. The highest BCUT2D eigenvalue weighted by atomic mass is 32.2. The molecule has 0 bridgehead atoms. The average Bonchev–Trinajstić information content (AvgIpc) is 2.51. The summed E-state index contributed by atoms with van der Waals surface area (Å²) in [5.41, 5.74) is 1.01. The smallest absolute Gasteiger partial charge is 0.177 e. The molecule has 0 spiro atoms. The standard InChI is InChI=1S/C16H24N2O4S/c1-13(19)14-4-5-16(23(2,20)21)15(12-14)17-6-3-7-18-8-10-22-11-9-18/h4-5,12,17H,3,6-11H2,1-2H3. The number of carbonyl (C=O) groups excluding carboxylic acids is 1. The van der Waals surface area contributed by atoms with E-state index in [1.165, 1.54) is 19.2 Å². The predicted molar refractivity (Wildman–Crippen MR) is 89.9 cm³/mol. The van der Waals surface area contributed by atoms with E-state index >= 15 is 0 Å². The van der Waals surface area contributed by atoms with Crippen LogP contribution >= 0.6 is 0 Å². The summed E-state index contributed by atoms with van der Waals surface area (Å²) in [5.74, 6) is -0.0820. The molecule has 23 heavy (non-hydrogen) atoms. The maximum Gasteiger partial charge on any atom is 0.177 e. The van der Waals surface area contributed by atoms with Gasteiger partial charge in [0.05, 0.1) is 23.8 Å². The summed E-state index contributed by atoms with van der Waals surface area (Å²) in [6.45, 7) is 6.48. The summed E-state index contributed by atoms with van der Waals surface area (Å²) in [4.78, 5) is 14.1. The lowest BCUT2D eigenvalue weighted by Crippen LogP contribution is -2.37. The molecular weight excluding hydrogens is 316 g/mol. The Morgan fingerprint density at radius 1 is 1.30 bits per heavy atom. The SMILES string of the molecule is CC(=O)c1ccc(S(C)(=O)=O)c(NCCCN2CCOCC2)c1. The first-order valence-corrected chi connectivity index (χ1v) is 9.66. The van der Waals surface area contributed by atoms with Crippen LogP contribution in [-0.2, 0) is 14.6 Å². The van der Waals surface area contributed by atoms with Gasteiger partial charge in [0.15, 0.2) is 15.6 Å². The Morgan fingerprint density at radius 3 is 2.61 bits per heavy atom. The molecule has 0 radical (unpaired) electrons. The van der Waals surface area contributed by atoms with Crippen LogP contribution in [0.2, 0.25) is 0 Å². The Bertz CT molecular complexity index is 652. The van der Waals surface area contributed by atoms with Crippen molar-refractivity contribution in [1.29, 1.82) is 0 Å². The molecular formula is C16H24N2O4S. The fraction of sp³-hybridized carbons (Fsp3) is 0.562. The Balaban J connectivity index is 1.99. The molecule has 1 aliphatic heterocycles. The number of hydrogen-bond acceptors (Lipinski definition) is 6. The Kier molecular flexibility index (Phi) is 6.15. The zero-order chi connectivity index (χ0) is 16.9. The van der Waals surface area contributed by atoms with Crippen molar-refractivity contribution < 1.29 is 17.9 Å². The second-order valence-corrected chi connectivity index (χ2v) is 7.76. The minimum Gasteiger partial charge on any atom is -0.384 e. The largest absolute Gasteiger partial charge is 0.384 e. The molecule has 6 nitrogen and oxygen atoms in total. The van der Waals surface area contributed by atoms with Crippen molar-refractivity contribution in [1.82, 2.24) is 4.90 Å². The van der Waals surface area contributed by atoms with Crippen molar-refractivity contribution in [3.8, 4) is 0 Å². The minimum absolute atomic E-state index is 0.0820. The number of nitrogens with one attached hydrogen (secondary N) is 1. The van der Waals surface area contributed by atoms with Crippen molar-refractivity contribution in [3.05, 3.63) is 23.8 Å². The number of nitrogens with zero attached hydrogens (tertiary/aromatic N) is 1. The molecule has 0 aliphatic carbocycles. The van der Waals surface area contributed by atoms with Crippen LogP contribution in [0.1, 0.15) is 23.7 Å². The van der Waals surface area contributed by atoms with Gasteiger partial charge >= 0.3 is 0 Å². The van der Waals surface area contributed by atoms with Crippen molar-refractivity contribution >= 4 is 21.3 Å². The fourth-order valence-electron chi connectivity index (χ4n) is 2.56. The number of anilines is 1. The van der Waals surface area contributed by atoms with Crippen molar-refractivity contribution in [2.24, 2.45) is 0 Å². The maximum atomic E-state index is 11.9. The zero-order valence-electron chi connectivity index (χ0n) is 13.7. The predicted octanol–water partition coefficient (Wildman–Crippen LogP) is 1.43. The number of hydrogen-bond donors (Lipinski definition) is 1. The highest BCUT2D eigenvalue weighted by molar-refractivity contribution is 7.90. The van der Waals surface area contributed by atoms with Crippen molar-refractivity contribution in [2.45, 2.75) is 18.2 Å². The minimum atomic E-state index is -3.33. The van der Waals surface area contributed by atoms with Gasteiger partial charge in [0, 0.05) is 31.5 Å². The highest BCUT2D eigenvalue weighted by Gasteiger charge is 2.15. The molecule has 1 aromatic rings. The molecule has 128 valence electrons. The monoisotopic (exact) mass is 340 g/mol. The van der Waals surface area contributed by atoms with Gasteiger partial charge in [0.25, 0.3) is 0 Å². The van der Waals surface area contributed by atoms with Gasteiger partial charge in [-0.1, -0.05) is 0 Å².